The zero-order valence-electron chi connectivity index (χ0n) is 28.3. The molecule has 0 spiro atoms. The molecule has 260 valence electrons. The second kappa shape index (κ2) is 16.7. The van der Waals surface area contributed by atoms with E-state index in [0.29, 0.717) is 43.0 Å². The van der Waals surface area contributed by atoms with Crippen LogP contribution in [-0.4, -0.2) is 72.8 Å². The summed E-state index contributed by atoms with van der Waals surface area (Å²) in [7, 11) is 1.72. The highest BCUT2D eigenvalue weighted by Crippen LogP contribution is 2.31. The highest BCUT2D eigenvalue weighted by atomic mass is 79.9. The molecule has 0 unspecified atom stereocenters. The monoisotopic (exact) mass is 738 g/mol. The molecular weight excluding hydrogens is 696 g/mol. The number of nitrogens with zero attached hydrogens (tertiary/aromatic N) is 3. The Labute approximate surface area is 301 Å². The molecular formula is C40H43BrN4O5. The molecule has 2 N–H and O–H groups in total. The number of carbonyl (C=O) groups excluding carboxylic acids is 1. The smallest absolute Gasteiger partial charge is 0.303 e. The van der Waals surface area contributed by atoms with Crippen LogP contribution in [0.3, 0.4) is 0 Å². The molecule has 1 aromatic heterocycles. The van der Waals surface area contributed by atoms with E-state index in [1.807, 2.05) is 77.5 Å². The average Bonchev–Trinajstić information content (AvgIpc) is 3.51. The van der Waals surface area contributed by atoms with Crippen molar-refractivity contribution in [2.45, 2.75) is 32.4 Å². The van der Waals surface area contributed by atoms with Gasteiger partial charge in [-0.3, -0.25) is 14.5 Å². The van der Waals surface area contributed by atoms with Crippen LogP contribution in [0.15, 0.2) is 102 Å². The fourth-order valence-corrected chi connectivity index (χ4v) is 6.74. The number of aryl methyl sites for hydroxylation is 1. The van der Waals surface area contributed by atoms with Crippen LogP contribution in [0.2, 0.25) is 0 Å². The van der Waals surface area contributed by atoms with Crippen molar-refractivity contribution < 1.29 is 24.2 Å². The highest BCUT2D eigenvalue weighted by Gasteiger charge is 2.21. The fraction of sp³-hybridized carbons (Fsp3) is 0.300. The number of fused-ring (bicyclic) bond motifs is 1. The standard InChI is InChI=1S/C40H43BrN4O5/c1-49-37-11-5-4-10-36(37)44-23-21-43(22-24-44)19-7-25-50-38-26-30(15-18-34(38)42-27-29-13-16-31(41)17-14-29)40(48)33-28-45(20-6-12-39(46)47)35-9-3-2-8-32(33)35/h2-5,8-11,13-18,26,28,42H,6-7,12,19-25,27H2,1H3,(H,46,47). The minimum absolute atomic E-state index is 0.0737. The van der Waals surface area contributed by atoms with Gasteiger partial charge in [0.05, 0.1) is 25.1 Å². The van der Waals surface area contributed by atoms with Crippen molar-refractivity contribution in [3.05, 3.63) is 118 Å². The number of para-hydroxylation sites is 3. The van der Waals surface area contributed by atoms with Gasteiger partial charge in [-0.05, 0) is 66.9 Å². The Morgan fingerprint density at radius 1 is 0.860 bits per heavy atom. The summed E-state index contributed by atoms with van der Waals surface area (Å²) in [6, 6.07) is 29.7. The number of methoxy groups -OCH3 is 1. The third-order valence-corrected chi connectivity index (χ3v) is 9.67. The van der Waals surface area contributed by atoms with Gasteiger partial charge in [-0.15, -0.1) is 0 Å². The first-order valence-corrected chi connectivity index (χ1v) is 17.9. The quantitative estimate of drug-likeness (QED) is 0.0786. The molecule has 1 fully saturated rings. The Kier molecular flexibility index (Phi) is 11.7. The Hall–Kier alpha value is -4.80. The third-order valence-electron chi connectivity index (χ3n) is 9.14. The molecule has 0 saturated carbocycles. The first kappa shape index (κ1) is 35.0. The normalized spacial score (nSPS) is 13.4. The van der Waals surface area contributed by atoms with E-state index in [1.54, 1.807) is 7.11 Å². The van der Waals surface area contributed by atoms with E-state index in [2.05, 4.69) is 55.3 Å². The molecule has 10 heteroatoms. The van der Waals surface area contributed by atoms with Crippen LogP contribution in [0, 0.1) is 0 Å². The number of aliphatic carboxylic acids is 1. The lowest BCUT2D eigenvalue weighted by molar-refractivity contribution is -0.137. The maximum absolute atomic E-state index is 14.0. The number of carboxylic acids is 1. The Morgan fingerprint density at radius 2 is 1.62 bits per heavy atom. The number of hydrogen-bond donors (Lipinski definition) is 2. The van der Waals surface area contributed by atoms with Crippen LogP contribution in [0.5, 0.6) is 11.5 Å². The molecule has 1 saturated heterocycles. The zero-order valence-corrected chi connectivity index (χ0v) is 29.9. The number of ketones is 1. The van der Waals surface area contributed by atoms with Gasteiger partial charge >= 0.3 is 5.97 Å². The predicted molar refractivity (Wildman–Crippen MR) is 202 cm³/mol. The van der Waals surface area contributed by atoms with E-state index in [4.69, 9.17) is 14.6 Å². The number of ether oxygens (including phenoxy) is 2. The van der Waals surface area contributed by atoms with E-state index in [1.165, 1.54) is 0 Å². The molecule has 4 aromatic carbocycles. The minimum atomic E-state index is -0.828. The Balaban J connectivity index is 1.14. The summed E-state index contributed by atoms with van der Waals surface area (Å²) in [6.45, 7) is 6.36. The Bertz CT molecular complexity index is 1920. The van der Waals surface area contributed by atoms with Gasteiger partial charge in [-0.2, -0.15) is 0 Å². The fourth-order valence-electron chi connectivity index (χ4n) is 6.47. The number of carbonyl (C=O) groups is 2. The van der Waals surface area contributed by atoms with E-state index in [0.717, 1.165) is 77.2 Å². The van der Waals surface area contributed by atoms with Crippen LogP contribution in [-0.2, 0) is 17.9 Å². The summed E-state index contributed by atoms with van der Waals surface area (Å²) in [5.41, 5.74) is 5.13. The van der Waals surface area contributed by atoms with Gasteiger partial charge in [0.25, 0.3) is 0 Å². The predicted octanol–water partition coefficient (Wildman–Crippen LogP) is 7.71. The lowest BCUT2D eigenvalue weighted by Crippen LogP contribution is -2.46. The topological polar surface area (TPSA) is 96.3 Å². The molecule has 5 aromatic rings. The van der Waals surface area contributed by atoms with E-state index >= 15 is 0 Å². The van der Waals surface area contributed by atoms with Gasteiger partial charge in [0.1, 0.15) is 11.5 Å². The second-order valence-corrected chi connectivity index (χ2v) is 13.4. The van der Waals surface area contributed by atoms with Gasteiger partial charge in [0.15, 0.2) is 5.78 Å². The van der Waals surface area contributed by atoms with Crippen molar-refractivity contribution in [2.75, 3.05) is 56.7 Å². The van der Waals surface area contributed by atoms with Gasteiger partial charge in [0.2, 0.25) is 0 Å². The van der Waals surface area contributed by atoms with E-state index < -0.39 is 5.97 Å². The maximum atomic E-state index is 14.0. The van der Waals surface area contributed by atoms with Gasteiger partial charge in [-0.1, -0.05) is 58.4 Å². The summed E-state index contributed by atoms with van der Waals surface area (Å²) in [6.07, 6.45) is 3.26. The molecule has 0 amide bonds. The zero-order chi connectivity index (χ0) is 34.9. The molecule has 1 aliphatic heterocycles. The van der Waals surface area contributed by atoms with Crippen molar-refractivity contribution in [3.63, 3.8) is 0 Å². The van der Waals surface area contributed by atoms with Gasteiger partial charge in [0, 0.05) is 84.9 Å². The Morgan fingerprint density at radius 3 is 2.40 bits per heavy atom. The summed E-state index contributed by atoms with van der Waals surface area (Å²) < 4.78 is 15.0. The maximum Gasteiger partial charge on any atom is 0.303 e. The van der Waals surface area contributed by atoms with Crippen molar-refractivity contribution in [2.24, 2.45) is 0 Å². The number of hydrogen-bond acceptors (Lipinski definition) is 7. The minimum Gasteiger partial charge on any atom is -0.495 e. The summed E-state index contributed by atoms with van der Waals surface area (Å²) >= 11 is 3.50. The number of anilines is 2. The average molecular weight is 740 g/mol. The molecule has 0 aliphatic carbocycles. The number of benzene rings is 4. The van der Waals surface area contributed by atoms with Gasteiger partial charge in [-0.25, -0.2) is 0 Å². The number of aromatic nitrogens is 1. The van der Waals surface area contributed by atoms with Crippen molar-refractivity contribution in [1.82, 2.24) is 9.47 Å². The second-order valence-electron chi connectivity index (χ2n) is 12.5. The molecule has 6 rings (SSSR count). The lowest BCUT2D eigenvalue weighted by Gasteiger charge is -2.36. The first-order valence-electron chi connectivity index (χ1n) is 17.1. The number of nitrogens with one attached hydrogen (secondary N) is 1. The molecule has 0 radical (unpaired) electrons. The van der Waals surface area contributed by atoms with Crippen LogP contribution in [0.25, 0.3) is 10.9 Å². The molecule has 50 heavy (non-hydrogen) atoms. The SMILES string of the molecule is COc1ccccc1N1CCN(CCCOc2cc(C(=O)c3cn(CCCC(=O)O)c4ccccc34)ccc2NCc2ccc(Br)cc2)CC1. The molecule has 0 bridgehead atoms. The van der Waals surface area contributed by atoms with Crippen LogP contribution in [0.1, 0.15) is 40.7 Å². The van der Waals surface area contributed by atoms with Crippen LogP contribution < -0.4 is 19.7 Å². The largest absolute Gasteiger partial charge is 0.495 e. The summed E-state index contributed by atoms with van der Waals surface area (Å²) in [5.74, 6) is 0.612. The van der Waals surface area contributed by atoms with Crippen molar-refractivity contribution >= 4 is 50.0 Å². The number of piperazine rings is 1. The first-order chi connectivity index (χ1) is 24.4. The lowest BCUT2D eigenvalue weighted by atomic mass is 10.0. The number of carboxylic acid groups (broad SMARTS) is 1. The number of rotatable bonds is 16. The summed E-state index contributed by atoms with van der Waals surface area (Å²) in [4.78, 5) is 30.0. The molecule has 2 heterocycles. The van der Waals surface area contributed by atoms with Crippen molar-refractivity contribution in [3.8, 4) is 11.5 Å². The molecule has 0 atom stereocenters. The highest BCUT2D eigenvalue weighted by molar-refractivity contribution is 9.10. The van der Waals surface area contributed by atoms with E-state index in [9.17, 15) is 9.59 Å². The van der Waals surface area contributed by atoms with E-state index in [-0.39, 0.29) is 12.2 Å². The summed E-state index contributed by atoms with van der Waals surface area (Å²) in [5, 5.41) is 13.5. The molecule has 1 aliphatic rings. The third kappa shape index (κ3) is 8.67. The van der Waals surface area contributed by atoms with Gasteiger partial charge < -0.3 is 29.4 Å². The van der Waals surface area contributed by atoms with Crippen LogP contribution in [0.4, 0.5) is 11.4 Å². The van der Waals surface area contributed by atoms with Crippen LogP contribution >= 0.6 is 15.9 Å². The van der Waals surface area contributed by atoms with Crippen molar-refractivity contribution in [1.29, 1.82) is 0 Å². The molecule has 9 nitrogen and oxygen atoms in total. The number of halogens is 1.